The summed E-state index contributed by atoms with van der Waals surface area (Å²) >= 11 is 0. The van der Waals surface area contributed by atoms with E-state index in [-0.39, 0.29) is 16.6 Å². The molecule has 5 heteroatoms. The molecule has 0 unspecified atom stereocenters. The van der Waals surface area contributed by atoms with Gasteiger partial charge in [0.2, 0.25) is 5.89 Å². The van der Waals surface area contributed by atoms with Crippen molar-refractivity contribution in [1.82, 2.24) is 9.97 Å². The topological polar surface area (TPSA) is 72.3 Å². The normalized spacial score (nSPS) is 12.4. The van der Waals surface area contributed by atoms with E-state index in [1.807, 2.05) is 42.6 Å². The summed E-state index contributed by atoms with van der Waals surface area (Å²) in [5.41, 5.74) is 10.8. The third-order valence-corrected chi connectivity index (χ3v) is 10.3. The second-order valence-electron chi connectivity index (χ2n) is 16.1. The maximum atomic E-state index is 11.7. The Kier molecular flexibility index (Phi) is 7.35. The van der Waals surface area contributed by atoms with Crippen LogP contribution in [0.4, 0.5) is 0 Å². The number of benzene rings is 6. The Balaban J connectivity index is 1.30. The van der Waals surface area contributed by atoms with Crippen molar-refractivity contribution in [2.45, 2.75) is 52.4 Å². The average Bonchev–Trinajstić information content (AvgIpc) is 3.74. The molecule has 1 N–H and O–H groups in total. The van der Waals surface area contributed by atoms with Crippen LogP contribution in [0.15, 0.2) is 136 Å². The van der Waals surface area contributed by atoms with Crippen LogP contribution in [0.1, 0.15) is 52.7 Å². The maximum Gasteiger partial charge on any atom is 0.231 e. The summed E-state index contributed by atoms with van der Waals surface area (Å²) in [6.07, 6.45) is 1.87. The zero-order valence-corrected chi connectivity index (χ0v) is 30.8. The third kappa shape index (κ3) is 5.64. The quantitative estimate of drug-likeness (QED) is 0.199. The van der Waals surface area contributed by atoms with Gasteiger partial charge in [-0.2, -0.15) is 0 Å². The average molecular weight is 693 g/mol. The number of para-hydroxylation sites is 1. The van der Waals surface area contributed by atoms with Crippen molar-refractivity contribution in [1.29, 1.82) is 0 Å². The van der Waals surface area contributed by atoms with Gasteiger partial charge in [-0.15, -0.1) is 0 Å². The molecule has 0 aliphatic heterocycles. The molecule has 3 aromatic heterocycles. The van der Waals surface area contributed by atoms with Gasteiger partial charge in [-0.05, 0) is 86.8 Å². The number of phenols is 1. The van der Waals surface area contributed by atoms with Crippen molar-refractivity contribution >= 4 is 43.8 Å². The maximum absolute atomic E-state index is 11.7. The molecule has 9 aromatic rings. The fourth-order valence-electron chi connectivity index (χ4n) is 7.39. The molecule has 0 aliphatic rings. The molecule has 9 rings (SSSR count). The number of rotatable bonds is 4. The molecule has 0 aliphatic carbocycles. The van der Waals surface area contributed by atoms with E-state index < -0.39 is 0 Å². The van der Waals surface area contributed by atoms with Crippen molar-refractivity contribution < 1.29 is 13.9 Å². The van der Waals surface area contributed by atoms with E-state index in [0.717, 1.165) is 77.3 Å². The van der Waals surface area contributed by atoms with E-state index in [1.54, 1.807) is 0 Å². The molecule has 260 valence electrons. The van der Waals surface area contributed by atoms with Gasteiger partial charge < -0.3 is 13.9 Å². The molecule has 3 heterocycles. The molecule has 0 radical (unpaired) electrons. The van der Waals surface area contributed by atoms with Crippen LogP contribution in [0.2, 0.25) is 0 Å². The van der Waals surface area contributed by atoms with Crippen LogP contribution in [-0.2, 0) is 10.8 Å². The van der Waals surface area contributed by atoms with E-state index in [0.29, 0.717) is 22.6 Å². The van der Waals surface area contributed by atoms with Crippen molar-refractivity contribution in [3.05, 3.63) is 139 Å². The number of fused-ring (bicyclic) bond motifs is 5. The lowest BCUT2D eigenvalue weighted by atomic mass is 9.79. The molecule has 6 aromatic carbocycles. The molecule has 53 heavy (non-hydrogen) atoms. The largest absolute Gasteiger partial charge is 0.507 e. The first-order chi connectivity index (χ1) is 25.4. The number of aromatic hydroxyl groups is 1. The summed E-state index contributed by atoms with van der Waals surface area (Å²) in [4.78, 5) is 10.0. The van der Waals surface area contributed by atoms with Crippen LogP contribution in [0.5, 0.6) is 5.75 Å². The van der Waals surface area contributed by atoms with Crippen LogP contribution >= 0.6 is 0 Å². The number of oxazole rings is 1. The monoisotopic (exact) mass is 692 g/mol. The first-order valence-corrected chi connectivity index (χ1v) is 18.1. The molecular formula is C48H40N2O3. The van der Waals surface area contributed by atoms with Gasteiger partial charge in [-0.1, -0.05) is 114 Å². The Morgan fingerprint density at radius 2 is 1.30 bits per heavy atom. The number of hydrogen-bond acceptors (Lipinski definition) is 5. The van der Waals surface area contributed by atoms with E-state index in [4.69, 9.17) is 18.8 Å². The van der Waals surface area contributed by atoms with Crippen LogP contribution in [0.25, 0.3) is 88.8 Å². The van der Waals surface area contributed by atoms with E-state index >= 15 is 0 Å². The standard InChI is InChI=1S/C48H40N2O3/c1-47(2,3)33-26-38(44(51)39(27-33)48(4,5)6)46-50-43-34(17-12-18-41(43)53-46)36-22-32(40-24-31(19-20-49-40)28-13-8-7-9-14-28)23-37-35-21-29-15-10-11-16-30(29)25-42(35)52-45(36)37/h7-27,51H,1-6H3. The van der Waals surface area contributed by atoms with Gasteiger partial charge in [0.15, 0.2) is 5.58 Å². The van der Waals surface area contributed by atoms with Gasteiger partial charge in [-0.25, -0.2) is 4.98 Å². The lowest BCUT2D eigenvalue weighted by Gasteiger charge is -2.27. The van der Waals surface area contributed by atoms with Crippen LogP contribution in [0, 0.1) is 0 Å². The third-order valence-electron chi connectivity index (χ3n) is 10.3. The highest BCUT2D eigenvalue weighted by molar-refractivity contribution is 6.15. The van der Waals surface area contributed by atoms with Crippen LogP contribution in [0.3, 0.4) is 0 Å². The van der Waals surface area contributed by atoms with Crippen molar-refractivity contribution in [3.8, 4) is 50.7 Å². The number of aromatic nitrogens is 2. The van der Waals surface area contributed by atoms with E-state index in [9.17, 15) is 5.11 Å². The zero-order chi connectivity index (χ0) is 36.6. The molecule has 0 atom stereocenters. The molecule has 0 bridgehead atoms. The van der Waals surface area contributed by atoms with Gasteiger partial charge in [0.05, 0.1) is 11.3 Å². The lowest BCUT2D eigenvalue weighted by Crippen LogP contribution is -2.17. The second kappa shape index (κ2) is 11.9. The highest BCUT2D eigenvalue weighted by Gasteiger charge is 2.28. The van der Waals surface area contributed by atoms with Crippen molar-refractivity contribution in [2.24, 2.45) is 0 Å². The van der Waals surface area contributed by atoms with Crippen molar-refractivity contribution in [3.63, 3.8) is 0 Å². The summed E-state index contributed by atoms with van der Waals surface area (Å²) in [7, 11) is 0. The van der Waals surface area contributed by atoms with Gasteiger partial charge in [0.25, 0.3) is 0 Å². The first kappa shape index (κ1) is 32.7. The predicted octanol–water partition coefficient (Wildman–Crippen LogP) is 13.2. The fourth-order valence-corrected chi connectivity index (χ4v) is 7.39. The number of pyridine rings is 1. The first-order valence-electron chi connectivity index (χ1n) is 18.1. The van der Waals surface area contributed by atoms with Gasteiger partial charge in [-0.3, -0.25) is 4.98 Å². The molecule has 0 fully saturated rings. The summed E-state index contributed by atoms with van der Waals surface area (Å²) in [6.45, 7) is 12.9. The molecule has 5 nitrogen and oxygen atoms in total. The number of furan rings is 1. The lowest BCUT2D eigenvalue weighted by molar-refractivity contribution is 0.444. The SMILES string of the molecule is CC(C)(C)c1cc(-c2nc3c(-c4cc(-c5cc(-c6ccccc6)ccn5)cc5c4oc4cc6ccccc6cc45)cccc3o2)c(O)c(C(C)(C)C)c1. The fraction of sp³-hybridized carbons (Fsp3) is 0.167. The predicted molar refractivity (Wildman–Crippen MR) is 217 cm³/mol. The van der Waals surface area contributed by atoms with E-state index in [2.05, 4.69) is 126 Å². The van der Waals surface area contributed by atoms with Gasteiger partial charge in [0.1, 0.15) is 22.4 Å². The van der Waals surface area contributed by atoms with E-state index in [1.165, 1.54) is 0 Å². The number of nitrogens with zero attached hydrogens (tertiary/aromatic N) is 2. The van der Waals surface area contributed by atoms with Crippen molar-refractivity contribution in [2.75, 3.05) is 0 Å². The highest BCUT2D eigenvalue weighted by atomic mass is 16.4. The molecular weight excluding hydrogens is 653 g/mol. The molecule has 0 amide bonds. The zero-order valence-electron chi connectivity index (χ0n) is 30.8. The Morgan fingerprint density at radius 3 is 2.06 bits per heavy atom. The summed E-state index contributed by atoms with van der Waals surface area (Å²) in [5, 5.41) is 16.0. The molecule has 0 spiro atoms. The van der Waals surface area contributed by atoms with Crippen LogP contribution in [-0.4, -0.2) is 15.1 Å². The smallest absolute Gasteiger partial charge is 0.231 e. The van der Waals surface area contributed by atoms with Crippen LogP contribution < -0.4 is 0 Å². The van der Waals surface area contributed by atoms with Gasteiger partial charge >= 0.3 is 0 Å². The molecule has 0 saturated carbocycles. The Bertz CT molecular complexity index is 2860. The number of hydrogen-bond donors (Lipinski definition) is 1. The Hall–Kier alpha value is -6.20. The van der Waals surface area contributed by atoms with Gasteiger partial charge in [0, 0.05) is 39.2 Å². The number of phenolic OH excluding ortho intramolecular Hbond substituents is 1. The second-order valence-corrected chi connectivity index (χ2v) is 16.1. The molecule has 0 saturated heterocycles. The summed E-state index contributed by atoms with van der Waals surface area (Å²) in [5.74, 6) is 0.568. The Labute approximate surface area is 308 Å². The highest BCUT2D eigenvalue weighted by Crippen LogP contribution is 2.45. The minimum absolute atomic E-state index is 0.149. The Morgan fingerprint density at radius 1 is 0.547 bits per heavy atom. The summed E-state index contributed by atoms with van der Waals surface area (Å²) < 4.78 is 13.3. The minimum Gasteiger partial charge on any atom is -0.507 e. The minimum atomic E-state index is -0.290. The summed E-state index contributed by atoms with van der Waals surface area (Å²) in [6, 6.07) is 41.7.